The zero-order valence-corrected chi connectivity index (χ0v) is 17.6. The Hall–Kier alpha value is -3.21. The standard InChI is InChI=1S/C25H26N2O3/c1-16-21(24(29)30-15-17-8-5-4-6-9-17)22(18-10-7-11-26-14-18)23-19(27-16)12-25(2,3)13-20(23)28/h4-11,14,22,27H,12-13,15H2,1-3H3/t22-/m0/s1. The summed E-state index contributed by atoms with van der Waals surface area (Å²) in [6, 6.07) is 13.3. The Labute approximate surface area is 176 Å². The number of allylic oxidation sites excluding steroid dienone is 3. The lowest BCUT2D eigenvalue weighted by atomic mass is 9.69. The van der Waals surface area contributed by atoms with Crippen molar-refractivity contribution in [3.63, 3.8) is 0 Å². The van der Waals surface area contributed by atoms with Gasteiger partial charge in [0.05, 0.1) is 5.57 Å². The molecule has 0 amide bonds. The van der Waals surface area contributed by atoms with E-state index in [1.165, 1.54) is 0 Å². The number of ketones is 1. The second-order valence-electron chi connectivity index (χ2n) is 8.78. The quantitative estimate of drug-likeness (QED) is 0.767. The molecule has 1 N–H and O–H groups in total. The Kier molecular flexibility index (Phi) is 5.29. The van der Waals surface area contributed by atoms with E-state index in [1.807, 2.05) is 49.4 Å². The summed E-state index contributed by atoms with van der Waals surface area (Å²) in [6.45, 7) is 6.25. The monoisotopic (exact) mass is 402 g/mol. The van der Waals surface area contributed by atoms with Gasteiger partial charge in [0, 0.05) is 41.7 Å². The minimum Gasteiger partial charge on any atom is -0.457 e. The zero-order chi connectivity index (χ0) is 21.3. The highest BCUT2D eigenvalue weighted by Crippen LogP contribution is 2.46. The van der Waals surface area contributed by atoms with Crippen LogP contribution in [0.2, 0.25) is 0 Å². The van der Waals surface area contributed by atoms with Crippen molar-refractivity contribution in [2.75, 3.05) is 0 Å². The highest BCUT2D eigenvalue weighted by Gasteiger charge is 2.43. The highest BCUT2D eigenvalue weighted by atomic mass is 16.5. The third-order valence-corrected chi connectivity index (χ3v) is 5.69. The fourth-order valence-electron chi connectivity index (χ4n) is 4.39. The molecule has 0 fully saturated rings. The van der Waals surface area contributed by atoms with Gasteiger partial charge in [-0.25, -0.2) is 4.79 Å². The van der Waals surface area contributed by atoms with E-state index in [-0.39, 0.29) is 17.8 Å². The summed E-state index contributed by atoms with van der Waals surface area (Å²) in [5.74, 6) is -0.813. The number of nitrogens with zero attached hydrogens (tertiary/aromatic N) is 1. The Morgan fingerprint density at radius 1 is 1.17 bits per heavy atom. The van der Waals surface area contributed by atoms with Crippen LogP contribution in [0.25, 0.3) is 0 Å². The van der Waals surface area contributed by atoms with Crippen molar-refractivity contribution >= 4 is 11.8 Å². The van der Waals surface area contributed by atoms with Crippen LogP contribution in [0, 0.1) is 5.41 Å². The SMILES string of the molecule is CC1=C(C(=O)OCc2ccccc2)[C@H](c2cccnc2)C2=C(CC(C)(C)CC2=O)N1. The number of dihydropyridines is 1. The number of benzene rings is 1. The summed E-state index contributed by atoms with van der Waals surface area (Å²) < 4.78 is 5.65. The average Bonchev–Trinajstić information content (AvgIpc) is 2.71. The van der Waals surface area contributed by atoms with E-state index in [9.17, 15) is 9.59 Å². The molecule has 5 nitrogen and oxygen atoms in total. The predicted octanol–water partition coefficient (Wildman–Crippen LogP) is 4.43. The molecule has 0 unspecified atom stereocenters. The fraction of sp³-hybridized carbons (Fsp3) is 0.320. The lowest BCUT2D eigenvalue weighted by Crippen LogP contribution is -2.38. The molecule has 1 aliphatic carbocycles. The minimum absolute atomic E-state index is 0.0727. The maximum Gasteiger partial charge on any atom is 0.337 e. The summed E-state index contributed by atoms with van der Waals surface area (Å²) in [5.41, 5.74) is 4.40. The molecule has 0 bridgehead atoms. The smallest absolute Gasteiger partial charge is 0.337 e. The topological polar surface area (TPSA) is 68.3 Å². The maximum atomic E-state index is 13.2. The fourth-order valence-corrected chi connectivity index (χ4v) is 4.39. The molecule has 0 saturated carbocycles. The molecule has 2 heterocycles. The average molecular weight is 402 g/mol. The first-order chi connectivity index (χ1) is 14.4. The molecule has 4 rings (SSSR count). The molecule has 0 saturated heterocycles. The number of hydrogen-bond acceptors (Lipinski definition) is 5. The van der Waals surface area contributed by atoms with Crippen molar-refractivity contribution in [2.45, 2.75) is 46.1 Å². The van der Waals surface area contributed by atoms with E-state index in [1.54, 1.807) is 12.4 Å². The van der Waals surface area contributed by atoms with Crippen molar-refractivity contribution in [3.8, 4) is 0 Å². The molecule has 0 radical (unpaired) electrons. The van der Waals surface area contributed by atoms with Gasteiger partial charge in [-0.15, -0.1) is 0 Å². The van der Waals surface area contributed by atoms with Crippen molar-refractivity contribution in [3.05, 3.63) is 88.5 Å². The summed E-state index contributed by atoms with van der Waals surface area (Å²) in [4.78, 5) is 30.6. The molecule has 2 aliphatic rings. The van der Waals surface area contributed by atoms with Crippen LogP contribution < -0.4 is 5.32 Å². The summed E-state index contributed by atoms with van der Waals surface area (Å²) in [6.07, 6.45) is 4.63. The number of aromatic nitrogens is 1. The number of nitrogens with one attached hydrogen (secondary N) is 1. The van der Waals surface area contributed by atoms with Gasteiger partial charge in [-0.05, 0) is 36.0 Å². The van der Waals surface area contributed by atoms with Gasteiger partial charge in [-0.2, -0.15) is 0 Å². The molecular formula is C25H26N2O3. The third-order valence-electron chi connectivity index (χ3n) is 5.69. The molecule has 2 aromatic rings. The Balaban J connectivity index is 1.72. The Morgan fingerprint density at radius 3 is 2.63 bits per heavy atom. The molecule has 30 heavy (non-hydrogen) atoms. The van der Waals surface area contributed by atoms with E-state index < -0.39 is 11.9 Å². The van der Waals surface area contributed by atoms with E-state index in [0.717, 1.165) is 28.9 Å². The maximum absolute atomic E-state index is 13.2. The molecule has 1 aromatic heterocycles. The number of esters is 1. The van der Waals surface area contributed by atoms with Gasteiger partial charge in [0.2, 0.25) is 0 Å². The van der Waals surface area contributed by atoms with Crippen LogP contribution in [0.4, 0.5) is 0 Å². The first-order valence-corrected chi connectivity index (χ1v) is 10.2. The number of carbonyl (C=O) groups excluding carboxylic acids is 2. The minimum atomic E-state index is -0.471. The number of hydrogen-bond donors (Lipinski definition) is 1. The van der Waals surface area contributed by atoms with Gasteiger partial charge in [0.1, 0.15) is 6.61 Å². The number of ether oxygens (including phenoxy) is 1. The van der Waals surface area contributed by atoms with Crippen LogP contribution in [0.1, 0.15) is 50.7 Å². The molecule has 1 aromatic carbocycles. The van der Waals surface area contributed by atoms with Crippen LogP contribution in [0.15, 0.2) is 77.4 Å². The van der Waals surface area contributed by atoms with Crippen molar-refractivity contribution in [2.24, 2.45) is 5.41 Å². The highest BCUT2D eigenvalue weighted by molar-refractivity contribution is 6.04. The van der Waals surface area contributed by atoms with Gasteiger partial charge in [-0.1, -0.05) is 50.2 Å². The van der Waals surface area contributed by atoms with Crippen LogP contribution in [0.5, 0.6) is 0 Å². The number of carbonyl (C=O) groups is 2. The predicted molar refractivity (Wildman–Crippen MR) is 114 cm³/mol. The molecular weight excluding hydrogens is 376 g/mol. The molecule has 154 valence electrons. The van der Waals surface area contributed by atoms with Crippen LogP contribution in [-0.2, 0) is 20.9 Å². The van der Waals surface area contributed by atoms with Crippen molar-refractivity contribution in [1.29, 1.82) is 0 Å². The summed E-state index contributed by atoms with van der Waals surface area (Å²) in [7, 11) is 0. The van der Waals surface area contributed by atoms with E-state index in [0.29, 0.717) is 17.6 Å². The molecule has 5 heteroatoms. The number of rotatable bonds is 4. The second-order valence-corrected chi connectivity index (χ2v) is 8.78. The zero-order valence-electron chi connectivity index (χ0n) is 17.6. The molecule has 1 aliphatic heterocycles. The van der Waals surface area contributed by atoms with Crippen molar-refractivity contribution < 1.29 is 14.3 Å². The molecule has 0 spiro atoms. The van der Waals surface area contributed by atoms with Gasteiger partial charge in [-0.3, -0.25) is 9.78 Å². The number of pyridine rings is 1. The van der Waals surface area contributed by atoms with Crippen molar-refractivity contribution in [1.82, 2.24) is 10.3 Å². The Morgan fingerprint density at radius 2 is 1.93 bits per heavy atom. The van der Waals surface area contributed by atoms with Gasteiger partial charge >= 0.3 is 5.97 Å². The first-order valence-electron chi connectivity index (χ1n) is 10.2. The third kappa shape index (κ3) is 3.92. The van der Waals surface area contributed by atoms with E-state index in [2.05, 4.69) is 24.1 Å². The van der Waals surface area contributed by atoms with Gasteiger partial charge < -0.3 is 10.1 Å². The summed E-state index contributed by atoms with van der Waals surface area (Å²) in [5, 5.41) is 3.35. The number of Topliss-reactive ketones (excluding diaryl/α,β-unsaturated/α-hetero) is 1. The normalized spacial score (nSPS) is 20.5. The Bertz CT molecular complexity index is 1040. The summed E-state index contributed by atoms with van der Waals surface area (Å²) >= 11 is 0. The lowest BCUT2D eigenvalue weighted by molar-refractivity contribution is -0.140. The molecule has 1 atom stereocenters. The lowest BCUT2D eigenvalue weighted by Gasteiger charge is -2.39. The van der Waals surface area contributed by atoms with Gasteiger partial charge in [0.15, 0.2) is 5.78 Å². The first kappa shape index (κ1) is 20.1. The second kappa shape index (κ2) is 7.90. The van der Waals surface area contributed by atoms with E-state index >= 15 is 0 Å². The largest absolute Gasteiger partial charge is 0.457 e. The van der Waals surface area contributed by atoms with E-state index in [4.69, 9.17) is 4.74 Å². The van der Waals surface area contributed by atoms with Crippen LogP contribution in [-0.4, -0.2) is 16.7 Å². The van der Waals surface area contributed by atoms with Crippen LogP contribution in [0.3, 0.4) is 0 Å². The van der Waals surface area contributed by atoms with Crippen LogP contribution >= 0.6 is 0 Å². The van der Waals surface area contributed by atoms with Gasteiger partial charge in [0.25, 0.3) is 0 Å².